The van der Waals surface area contributed by atoms with Crippen LogP contribution in [0.5, 0.6) is 0 Å². The van der Waals surface area contributed by atoms with Gasteiger partial charge in [-0.3, -0.25) is 9.48 Å². The SMILES string of the molecule is CC(C)CC(=O)Cc1cn(C)nn1. The van der Waals surface area contributed by atoms with Gasteiger partial charge in [-0.15, -0.1) is 5.10 Å². The van der Waals surface area contributed by atoms with Gasteiger partial charge >= 0.3 is 0 Å². The second kappa shape index (κ2) is 4.16. The van der Waals surface area contributed by atoms with E-state index in [1.807, 2.05) is 13.8 Å². The maximum Gasteiger partial charge on any atom is 0.139 e. The fourth-order valence-electron chi connectivity index (χ4n) is 1.21. The Morgan fingerprint density at radius 3 is 2.77 bits per heavy atom. The Labute approximate surface area is 77.9 Å². The van der Waals surface area contributed by atoms with Gasteiger partial charge in [-0.1, -0.05) is 19.1 Å². The summed E-state index contributed by atoms with van der Waals surface area (Å²) in [6, 6.07) is 0. The van der Waals surface area contributed by atoms with Crippen molar-refractivity contribution in [2.24, 2.45) is 13.0 Å². The molecule has 1 aromatic rings. The third kappa shape index (κ3) is 3.36. The van der Waals surface area contributed by atoms with Crippen LogP contribution in [-0.2, 0) is 18.3 Å². The first kappa shape index (κ1) is 9.89. The van der Waals surface area contributed by atoms with Crippen LogP contribution in [0.4, 0.5) is 0 Å². The lowest BCUT2D eigenvalue weighted by Gasteiger charge is -2.00. The molecule has 0 aliphatic heterocycles. The second-order valence-electron chi connectivity index (χ2n) is 3.70. The van der Waals surface area contributed by atoms with Crippen LogP contribution in [0, 0.1) is 5.92 Å². The zero-order valence-corrected chi connectivity index (χ0v) is 8.32. The summed E-state index contributed by atoms with van der Waals surface area (Å²) in [5.74, 6) is 0.652. The molecular weight excluding hydrogens is 166 g/mol. The molecule has 0 saturated carbocycles. The first-order valence-corrected chi connectivity index (χ1v) is 4.45. The number of aromatic nitrogens is 3. The molecule has 0 amide bonds. The highest BCUT2D eigenvalue weighted by molar-refractivity contribution is 5.80. The highest BCUT2D eigenvalue weighted by Gasteiger charge is 2.08. The van der Waals surface area contributed by atoms with Crippen LogP contribution < -0.4 is 0 Å². The minimum Gasteiger partial charge on any atom is -0.299 e. The van der Waals surface area contributed by atoms with Crippen LogP contribution in [0.1, 0.15) is 26.0 Å². The normalized spacial score (nSPS) is 10.8. The predicted molar refractivity (Wildman–Crippen MR) is 49.2 cm³/mol. The molecule has 0 bridgehead atoms. The van der Waals surface area contributed by atoms with Crippen molar-refractivity contribution in [2.75, 3.05) is 0 Å². The molecular formula is C9H15N3O. The molecule has 1 rings (SSSR count). The van der Waals surface area contributed by atoms with Gasteiger partial charge in [0, 0.05) is 19.7 Å². The summed E-state index contributed by atoms with van der Waals surface area (Å²) >= 11 is 0. The highest BCUT2D eigenvalue weighted by atomic mass is 16.1. The van der Waals surface area contributed by atoms with Crippen molar-refractivity contribution in [3.05, 3.63) is 11.9 Å². The van der Waals surface area contributed by atoms with Crippen molar-refractivity contribution in [1.82, 2.24) is 15.0 Å². The summed E-state index contributed by atoms with van der Waals surface area (Å²) < 4.78 is 1.61. The standard InChI is InChI=1S/C9H15N3O/c1-7(2)4-9(13)5-8-6-12(3)11-10-8/h6-7H,4-5H2,1-3H3. The lowest BCUT2D eigenvalue weighted by Crippen LogP contribution is -2.06. The zero-order valence-electron chi connectivity index (χ0n) is 8.32. The molecule has 13 heavy (non-hydrogen) atoms. The molecule has 0 N–H and O–H groups in total. The molecule has 0 atom stereocenters. The second-order valence-corrected chi connectivity index (χ2v) is 3.70. The van der Waals surface area contributed by atoms with Gasteiger partial charge in [-0.05, 0) is 5.92 Å². The number of ketones is 1. The van der Waals surface area contributed by atoms with E-state index in [4.69, 9.17) is 0 Å². The van der Waals surface area contributed by atoms with Crippen molar-refractivity contribution < 1.29 is 4.79 Å². The first-order valence-electron chi connectivity index (χ1n) is 4.45. The van der Waals surface area contributed by atoms with Gasteiger partial charge in [0.05, 0.1) is 12.1 Å². The van der Waals surface area contributed by atoms with Gasteiger partial charge in [0.25, 0.3) is 0 Å². The third-order valence-corrected chi connectivity index (χ3v) is 1.66. The van der Waals surface area contributed by atoms with Crippen LogP contribution >= 0.6 is 0 Å². The van der Waals surface area contributed by atoms with Crippen LogP contribution in [0.15, 0.2) is 6.20 Å². The van der Waals surface area contributed by atoms with Gasteiger partial charge < -0.3 is 0 Å². The van der Waals surface area contributed by atoms with Gasteiger partial charge in [0.15, 0.2) is 0 Å². The number of hydrogen-bond acceptors (Lipinski definition) is 3. The van der Waals surface area contributed by atoms with Gasteiger partial charge in [-0.2, -0.15) is 0 Å². The molecule has 1 aromatic heterocycles. The maximum atomic E-state index is 11.4. The van der Waals surface area contributed by atoms with E-state index in [0.29, 0.717) is 18.8 Å². The quantitative estimate of drug-likeness (QED) is 0.695. The van der Waals surface area contributed by atoms with Gasteiger partial charge in [-0.25, -0.2) is 0 Å². The monoisotopic (exact) mass is 181 g/mol. The number of nitrogens with zero attached hydrogens (tertiary/aromatic N) is 3. The number of rotatable bonds is 4. The minimum atomic E-state index is 0.232. The Morgan fingerprint density at radius 1 is 1.62 bits per heavy atom. The fraction of sp³-hybridized carbons (Fsp3) is 0.667. The van der Waals surface area contributed by atoms with E-state index in [1.165, 1.54) is 0 Å². The summed E-state index contributed by atoms with van der Waals surface area (Å²) in [4.78, 5) is 11.4. The maximum absolute atomic E-state index is 11.4. The lowest BCUT2D eigenvalue weighted by molar-refractivity contribution is -0.119. The van der Waals surface area contributed by atoms with Crippen LogP contribution in [0.25, 0.3) is 0 Å². The Hall–Kier alpha value is -1.19. The van der Waals surface area contributed by atoms with E-state index in [9.17, 15) is 4.79 Å². The van der Waals surface area contributed by atoms with Crippen molar-refractivity contribution in [3.63, 3.8) is 0 Å². The van der Waals surface area contributed by atoms with E-state index in [2.05, 4.69) is 10.3 Å². The molecule has 0 aliphatic carbocycles. The third-order valence-electron chi connectivity index (χ3n) is 1.66. The van der Waals surface area contributed by atoms with E-state index in [1.54, 1.807) is 17.9 Å². The largest absolute Gasteiger partial charge is 0.299 e. The average molecular weight is 181 g/mol. The first-order chi connectivity index (χ1) is 6.08. The van der Waals surface area contributed by atoms with Crippen molar-refractivity contribution >= 4 is 5.78 Å². The molecule has 0 aromatic carbocycles. The highest BCUT2D eigenvalue weighted by Crippen LogP contribution is 2.04. The van der Waals surface area contributed by atoms with Gasteiger partial charge in [0.1, 0.15) is 5.78 Å². The number of hydrogen-bond donors (Lipinski definition) is 0. The summed E-state index contributed by atoms with van der Waals surface area (Å²) in [6.45, 7) is 4.07. The molecule has 1 heterocycles. The predicted octanol–water partition coefficient (Wildman–Crippen LogP) is 0.973. The molecule has 72 valence electrons. The van der Waals surface area contributed by atoms with Crippen molar-refractivity contribution in [1.29, 1.82) is 0 Å². The molecule has 0 saturated heterocycles. The number of Topliss-reactive ketones (excluding diaryl/α,β-unsaturated/α-hetero) is 1. The smallest absolute Gasteiger partial charge is 0.139 e. The number of aryl methyl sites for hydroxylation is 1. The summed E-state index contributed by atoms with van der Waals surface area (Å²) in [5, 5.41) is 7.62. The molecule has 0 radical (unpaired) electrons. The number of carbonyl (C=O) groups excluding carboxylic acids is 1. The van der Waals surface area contributed by atoms with E-state index in [0.717, 1.165) is 5.69 Å². The zero-order chi connectivity index (χ0) is 9.84. The molecule has 0 fully saturated rings. The van der Waals surface area contributed by atoms with Gasteiger partial charge in [0.2, 0.25) is 0 Å². The summed E-state index contributed by atoms with van der Waals surface area (Å²) in [5.41, 5.74) is 0.758. The van der Waals surface area contributed by atoms with Crippen LogP contribution in [-0.4, -0.2) is 20.8 Å². The molecule has 4 nitrogen and oxygen atoms in total. The summed E-state index contributed by atoms with van der Waals surface area (Å²) in [6.07, 6.45) is 2.81. The van der Waals surface area contributed by atoms with E-state index >= 15 is 0 Å². The molecule has 0 aliphatic rings. The topological polar surface area (TPSA) is 47.8 Å². The number of carbonyl (C=O) groups is 1. The minimum absolute atomic E-state index is 0.232. The van der Waals surface area contributed by atoms with Crippen molar-refractivity contribution in [2.45, 2.75) is 26.7 Å². The van der Waals surface area contributed by atoms with Crippen molar-refractivity contribution in [3.8, 4) is 0 Å². The van der Waals surface area contributed by atoms with E-state index < -0.39 is 0 Å². The Balaban J connectivity index is 2.45. The molecule has 4 heteroatoms. The Bertz CT molecular complexity index is 291. The van der Waals surface area contributed by atoms with Crippen LogP contribution in [0.3, 0.4) is 0 Å². The fourth-order valence-corrected chi connectivity index (χ4v) is 1.21. The molecule has 0 unspecified atom stereocenters. The lowest BCUT2D eigenvalue weighted by atomic mass is 10.0. The average Bonchev–Trinajstić information content (AvgIpc) is 2.33. The van der Waals surface area contributed by atoms with Crippen LogP contribution in [0.2, 0.25) is 0 Å². The molecule has 0 spiro atoms. The Kier molecular flexibility index (Phi) is 3.17. The van der Waals surface area contributed by atoms with E-state index in [-0.39, 0.29) is 5.78 Å². The Morgan fingerprint density at radius 2 is 2.31 bits per heavy atom. The summed E-state index contributed by atoms with van der Waals surface area (Å²) in [7, 11) is 1.80.